The van der Waals surface area contributed by atoms with Crippen LogP contribution < -0.4 is 15.1 Å². The van der Waals surface area contributed by atoms with Gasteiger partial charge in [0.05, 0.1) is 4.92 Å². The molecule has 3 saturated heterocycles. The fourth-order valence-electron chi connectivity index (χ4n) is 8.07. The van der Waals surface area contributed by atoms with Crippen LogP contribution in [0.15, 0.2) is 42.5 Å². The Bertz CT molecular complexity index is 1440. The summed E-state index contributed by atoms with van der Waals surface area (Å²) in [7, 11) is 0. The zero-order valence-corrected chi connectivity index (χ0v) is 24.4. The van der Waals surface area contributed by atoms with Crippen molar-refractivity contribution in [3.8, 4) is 0 Å². The van der Waals surface area contributed by atoms with E-state index < -0.39 is 6.04 Å². The number of piperazine rings is 1. The molecule has 1 spiro atoms. The number of fused-ring (bicyclic) bond motifs is 1. The van der Waals surface area contributed by atoms with Gasteiger partial charge in [-0.05, 0) is 79.8 Å². The van der Waals surface area contributed by atoms with Crippen molar-refractivity contribution in [1.82, 2.24) is 15.1 Å². The van der Waals surface area contributed by atoms with E-state index in [1.807, 2.05) is 24.3 Å². The van der Waals surface area contributed by atoms with Crippen molar-refractivity contribution >= 4 is 34.8 Å². The van der Waals surface area contributed by atoms with Crippen molar-refractivity contribution in [2.75, 3.05) is 49.1 Å². The summed E-state index contributed by atoms with van der Waals surface area (Å²) in [6.07, 6.45) is 6.74. The van der Waals surface area contributed by atoms with E-state index in [4.69, 9.17) is 0 Å². The minimum Gasteiger partial charge on any atom is -0.371 e. The molecule has 0 radical (unpaired) electrons. The molecule has 226 valence electrons. The number of imide groups is 1. The predicted molar refractivity (Wildman–Crippen MR) is 161 cm³/mol. The molecule has 11 heteroatoms. The Balaban J connectivity index is 0.921. The molecule has 2 aromatic rings. The average molecular weight is 587 g/mol. The number of non-ortho nitro benzene ring substituents is 1. The molecule has 11 nitrogen and oxygen atoms in total. The highest BCUT2D eigenvalue weighted by atomic mass is 16.6. The number of hydrogen-bond donors (Lipinski definition) is 1. The summed E-state index contributed by atoms with van der Waals surface area (Å²) in [6.45, 7) is 6.34. The van der Waals surface area contributed by atoms with Crippen LogP contribution in [0.25, 0.3) is 0 Å². The number of anilines is 2. The Morgan fingerprint density at radius 3 is 2.23 bits per heavy atom. The van der Waals surface area contributed by atoms with Gasteiger partial charge < -0.3 is 14.7 Å². The van der Waals surface area contributed by atoms with Crippen LogP contribution in [0.1, 0.15) is 60.9 Å². The standard InChI is InChI=1S/C32H38N6O5/c39-29-8-7-28(30(40)33-29)37-21-22-19-25(5-6-27(22)31(37)41)34-13-11-32(12-14-34)10-9-26(20-32)36-17-15-35(16-18-36)23-1-3-24(4-2-23)38(42)43/h1-6,19,26,28H,7-18,20-21H2,(H,33,39,40). The van der Waals surface area contributed by atoms with Crippen LogP contribution in [0.5, 0.6) is 0 Å². The quantitative estimate of drug-likeness (QED) is 0.322. The Morgan fingerprint density at radius 1 is 0.837 bits per heavy atom. The zero-order valence-electron chi connectivity index (χ0n) is 24.4. The number of nitrogens with zero attached hydrogens (tertiary/aromatic N) is 5. The molecule has 4 fully saturated rings. The minimum absolute atomic E-state index is 0.126. The van der Waals surface area contributed by atoms with Crippen molar-refractivity contribution in [1.29, 1.82) is 0 Å². The van der Waals surface area contributed by atoms with Gasteiger partial charge in [-0.15, -0.1) is 0 Å². The molecule has 1 N–H and O–H groups in total. The second-order valence-electron chi connectivity index (χ2n) is 12.9. The lowest BCUT2D eigenvalue weighted by atomic mass is 9.76. The van der Waals surface area contributed by atoms with Gasteiger partial charge in [-0.2, -0.15) is 0 Å². The van der Waals surface area contributed by atoms with E-state index in [0.29, 0.717) is 30.0 Å². The van der Waals surface area contributed by atoms with Gasteiger partial charge in [0.2, 0.25) is 11.8 Å². The Morgan fingerprint density at radius 2 is 1.53 bits per heavy atom. The van der Waals surface area contributed by atoms with E-state index in [-0.39, 0.29) is 34.8 Å². The molecule has 7 rings (SSSR count). The first-order chi connectivity index (χ1) is 20.8. The van der Waals surface area contributed by atoms with Gasteiger partial charge in [-0.3, -0.25) is 34.7 Å². The number of piperidine rings is 2. The van der Waals surface area contributed by atoms with Crippen LogP contribution in [-0.4, -0.2) is 83.8 Å². The van der Waals surface area contributed by atoms with Crippen molar-refractivity contribution in [3.05, 3.63) is 63.7 Å². The summed E-state index contributed by atoms with van der Waals surface area (Å²) >= 11 is 0. The maximum atomic E-state index is 13.1. The van der Waals surface area contributed by atoms with Gasteiger partial charge in [0.1, 0.15) is 6.04 Å². The fourth-order valence-corrected chi connectivity index (χ4v) is 8.07. The van der Waals surface area contributed by atoms with E-state index in [2.05, 4.69) is 26.1 Å². The Labute approximate surface area is 250 Å². The molecular weight excluding hydrogens is 548 g/mol. The number of nitro benzene ring substituents is 1. The van der Waals surface area contributed by atoms with Gasteiger partial charge in [0.25, 0.3) is 11.6 Å². The number of amides is 3. The highest BCUT2D eigenvalue weighted by molar-refractivity contribution is 6.05. The zero-order chi connectivity index (χ0) is 29.7. The first-order valence-electron chi connectivity index (χ1n) is 15.5. The largest absolute Gasteiger partial charge is 0.371 e. The molecule has 2 atom stereocenters. The third-order valence-electron chi connectivity index (χ3n) is 10.6. The van der Waals surface area contributed by atoms with Gasteiger partial charge in [0.15, 0.2) is 0 Å². The molecule has 0 aromatic heterocycles. The van der Waals surface area contributed by atoms with Crippen LogP contribution in [0.2, 0.25) is 0 Å². The van der Waals surface area contributed by atoms with Gasteiger partial charge in [-0.1, -0.05) is 0 Å². The molecule has 4 heterocycles. The predicted octanol–water partition coefficient (Wildman–Crippen LogP) is 3.32. The molecule has 0 bridgehead atoms. The van der Waals surface area contributed by atoms with Crippen LogP contribution in [0, 0.1) is 15.5 Å². The van der Waals surface area contributed by atoms with Crippen LogP contribution >= 0.6 is 0 Å². The summed E-state index contributed by atoms with van der Waals surface area (Å²) in [6, 6.07) is 13.0. The third kappa shape index (κ3) is 5.24. The molecule has 43 heavy (non-hydrogen) atoms. The molecule has 1 saturated carbocycles. The number of rotatable bonds is 5. The highest BCUT2D eigenvalue weighted by Crippen LogP contribution is 2.48. The lowest BCUT2D eigenvalue weighted by molar-refractivity contribution is -0.384. The number of carbonyl (C=O) groups excluding carboxylic acids is 3. The molecule has 2 unspecified atom stereocenters. The van der Waals surface area contributed by atoms with Crippen LogP contribution in [0.3, 0.4) is 0 Å². The first kappa shape index (κ1) is 27.8. The molecule has 1 aliphatic carbocycles. The summed E-state index contributed by atoms with van der Waals surface area (Å²) < 4.78 is 0. The molecular formula is C32H38N6O5. The number of benzene rings is 2. The number of nitrogens with one attached hydrogen (secondary N) is 1. The number of nitro groups is 1. The van der Waals surface area contributed by atoms with E-state index in [0.717, 1.165) is 56.2 Å². The Kier molecular flexibility index (Phi) is 7.07. The van der Waals surface area contributed by atoms with Crippen molar-refractivity contribution in [2.24, 2.45) is 5.41 Å². The van der Waals surface area contributed by atoms with Crippen molar-refractivity contribution in [2.45, 2.75) is 63.6 Å². The third-order valence-corrected chi connectivity index (χ3v) is 10.6. The maximum absolute atomic E-state index is 13.1. The lowest BCUT2D eigenvalue weighted by Crippen LogP contribution is -2.52. The Hall–Kier alpha value is -3.99. The van der Waals surface area contributed by atoms with Gasteiger partial charge in [-0.25, -0.2) is 0 Å². The number of hydrogen-bond acceptors (Lipinski definition) is 8. The van der Waals surface area contributed by atoms with E-state index >= 15 is 0 Å². The highest BCUT2D eigenvalue weighted by Gasteiger charge is 2.44. The van der Waals surface area contributed by atoms with Crippen LogP contribution in [-0.2, 0) is 16.1 Å². The molecule has 5 aliphatic rings. The minimum atomic E-state index is -0.587. The summed E-state index contributed by atoms with van der Waals surface area (Å²) in [4.78, 5) is 56.7. The van der Waals surface area contributed by atoms with Crippen LogP contribution in [0.4, 0.5) is 17.1 Å². The maximum Gasteiger partial charge on any atom is 0.269 e. The summed E-state index contributed by atoms with van der Waals surface area (Å²) in [5, 5.41) is 13.4. The van der Waals surface area contributed by atoms with Gasteiger partial charge in [0, 0.05) is 87.3 Å². The fraction of sp³-hybridized carbons (Fsp3) is 0.531. The molecule has 2 aromatic carbocycles. The van der Waals surface area contributed by atoms with Crippen molar-refractivity contribution < 1.29 is 19.3 Å². The van der Waals surface area contributed by atoms with E-state index in [9.17, 15) is 24.5 Å². The van der Waals surface area contributed by atoms with Gasteiger partial charge >= 0.3 is 0 Å². The average Bonchev–Trinajstić information content (AvgIpc) is 3.58. The second-order valence-corrected chi connectivity index (χ2v) is 12.9. The van der Waals surface area contributed by atoms with E-state index in [1.165, 1.54) is 32.1 Å². The molecule has 4 aliphatic heterocycles. The topological polar surface area (TPSA) is 119 Å². The summed E-state index contributed by atoms with van der Waals surface area (Å²) in [5.41, 5.74) is 4.35. The van der Waals surface area contributed by atoms with Crippen molar-refractivity contribution in [3.63, 3.8) is 0 Å². The smallest absolute Gasteiger partial charge is 0.269 e. The lowest BCUT2D eigenvalue weighted by Gasteiger charge is -2.42. The number of carbonyl (C=O) groups is 3. The molecule has 3 amide bonds. The summed E-state index contributed by atoms with van der Waals surface area (Å²) in [5.74, 6) is -0.772. The normalized spacial score (nSPS) is 25.8. The SMILES string of the molecule is O=C1CCC(N2Cc3cc(N4CCC5(CCC(N6CCN(c7ccc([N+](=O)[O-])cc7)CC6)C5)CC4)ccc3C2=O)C(=O)N1. The van der Waals surface area contributed by atoms with E-state index in [1.54, 1.807) is 17.0 Å². The first-order valence-corrected chi connectivity index (χ1v) is 15.5. The second kappa shape index (κ2) is 10.9. The monoisotopic (exact) mass is 586 g/mol.